The third-order valence-electron chi connectivity index (χ3n) is 3.29. The zero-order valence-corrected chi connectivity index (χ0v) is 8.85. The Labute approximate surface area is 92.9 Å². The number of aliphatic hydroxyl groups is 1. The van der Waals surface area contributed by atoms with Crippen molar-refractivity contribution in [3.63, 3.8) is 0 Å². The van der Waals surface area contributed by atoms with Crippen molar-refractivity contribution < 1.29 is 14.3 Å². The molecule has 0 aliphatic carbocycles. The van der Waals surface area contributed by atoms with Gasteiger partial charge < -0.3 is 14.3 Å². The molecule has 4 heteroatoms. The number of ether oxygens (including phenoxy) is 1. The summed E-state index contributed by atoms with van der Waals surface area (Å²) >= 11 is 0. The van der Waals surface area contributed by atoms with Gasteiger partial charge in [0.1, 0.15) is 5.52 Å². The molecule has 1 saturated heterocycles. The lowest BCUT2D eigenvalue weighted by Gasteiger charge is -2.41. The van der Waals surface area contributed by atoms with Crippen molar-refractivity contribution in [2.45, 2.75) is 11.8 Å². The van der Waals surface area contributed by atoms with Gasteiger partial charge in [-0.15, -0.1) is 0 Å². The molecule has 0 bridgehead atoms. The highest BCUT2D eigenvalue weighted by molar-refractivity contribution is 5.73. The number of nitrogens with zero attached hydrogens (tertiary/aromatic N) is 1. The summed E-state index contributed by atoms with van der Waals surface area (Å²) in [5.74, 6) is 0. The lowest BCUT2D eigenvalue weighted by atomic mass is 9.76. The molecule has 1 fully saturated rings. The van der Waals surface area contributed by atoms with Crippen molar-refractivity contribution in [3.8, 4) is 0 Å². The lowest BCUT2D eigenvalue weighted by molar-refractivity contribution is -0.0700. The third-order valence-corrected chi connectivity index (χ3v) is 3.29. The largest absolute Gasteiger partial charge is 0.443 e. The molecule has 0 atom stereocenters. The number of aromatic nitrogens is 1. The first-order valence-electron chi connectivity index (χ1n) is 5.36. The van der Waals surface area contributed by atoms with E-state index in [4.69, 9.17) is 14.3 Å². The average molecular weight is 219 g/mol. The maximum atomic E-state index is 9.11. The van der Waals surface area contributed by atoms with Crippen LogP contribution in [0.1, 0.15) is 12.0 Å². The molecule has 0 radical (unpaired) electrons. The summed E-state index contributed by atoms with van der Waals surface area (Å²) in [6.45, 7) is 1.53. The van der Waals surface area contributed by atoms with E-state index in [0.717, 1.165) is 23.1 Å². The summed E-state index contributed by atoms with van der Waals surface area (Å²) in [4.78, 5) is 4.08. The molecule has 0 spiro atoms. The third kappa shape index (κ3) is 1.34. The summed E-state index contributed by atoms with van der Waals surface area (Å²) in [6.07, 6.45) is 2.18. The summed E-state index contributed by atoms with van der Waals surface area (Å²) < 4.78 is 10.6. The Morgan fingerprint density at radius 3 is 2.94 bits per heavy atom. The van der Waals surface area contributed by atoms with Gasteiger partial charge in [-0.25, -0.2) is 4.98 Å². The molecular weight excluding hydrogens is 206 g/mol. The quantitative estimate of drug-likeness (QED) is 0.849. The molecule has 0 saturated carbocycles. The highest BCUT2D eigenvalue weighted by Gasteiger charge is 2.39. The van der Waals surface area contributed by atoms with Crippen molar-refractivity contribution in [1.29, 1.82) is 0 Å². The lowest BCUT2D eigenvalue weighted by Crippen LogP contribution is -2.47. The smallest absolute Gasteiger partial charge is 0.181 e. The molecule has 16 heavy (non-hydrogen) atoms. The van der Waals surface area contributed by atoms with Gasteiger partial charge in [-0.05, 0) is 24.1 Å². The van der Waals surface area contributed by atoms with Gasteiger partial charge in [-0.2, -0.15) is 0 Å². The molecule has 2 aromatic rings. The fraction of sp³-hybridized carbons (Fsp3) is 0.417. The zero-order chi connectivity index (χ0) is 11.0. The average Bonchev–Trinajstić information content (AvgIpc) is 2.70. The van der Waals surface area contributed by atoms with Gasteiger partial charge in [0.05, 0.1) is 13.2 Å². The SMILES string of the molecule is OCCC1(c2ccc3ncoc3c2)COC1. The molecule has 0 unspecified atom stereocenters. The first-order valence-corrected chi connectivity index (χ1v) is 5.36. The second-order valence-electron chi connectivity index (χ2n) is 4.28. The van der Waals surface area contributed by atoms with E-state index in [9.17, 15) is 0 Å². The monoisotopic (exact) mass is 219 g/mol. The Kier molecular flexibility index (Phi) is 2.19. The number of hydrogen-bond donors (Lipinski definition) is 1. The normalized spacial score (nSPS) is 18.6. The van der Waals surface area contributed by atoms with Gasteiger partial charge in [0.25, 0.3) is 0 Å². The van der Waals surface area contributed by atoms with Gasteiger partial charge in [0.2, 0.25) is 0 Å². The van der Waals surface area contributed by atoms with E-state index in [-0.39, 0.29) is 12.0 Å². The Morgan fingerprint density at radius 2 is 2.25 bits per heavy atom. The van der Waals surface area contributed by atoms with Crippen LogP contribution in [0.25, 0.3) is 11.1 Å². The van der Waals surface area contributed by atoms with Crippen molar-refractivity contribution in [1.82, 2.24) is 4.98 Å². The molecule has 2 heterocycles. The number of fused-ring (bicyclic) bond motifs is 1. The first kappa shape index (κ1) is 9.81. The van der Waals surface area contributed by atoms with E-state index in [1.54, 1.807) is 0 Å². The number of oxazole rings is 1. The van der Waals surface area contributed by atoms with Crippen molar-refractivity contribution in [3.05, 3.63) is 30.2 Å². The predicted molar refractivity (Wildman–Crippen MR) is 58.2 cm³/mol. The summed E-state index contributed by atoms with van der Waals surface area (Å²) in [7, 11) is 0. The van der Waals surface area contributed by atoms with E-state index < -0.39 is 0 Å². The van der Waals surface area contributed by atoms with Gasteiger partial charge in [0, 0.05) is 12.0 Å². The van der Waals surface area contributed by atoms with Crippen molar-refractivity contribution in [2.75, 3.05) is 19.8 Å². The van der Waals surface area contributed by atoms with E-state index in [1.165, 1.54) is 6.39 Å². The van der Waals surface area contributed by atoms with Crippen molar-refractivity contribution in [2.24, 2.45) is 0 Å². The van der Waals surface area contributed by atoms with Crippen LogP contribution in [0.5, 0.6) is 0 Å². The minimum absolute atomic E-state index is 0.0320. The summed E-state index contributed by atoms with van der Waals surface area (Å²) in [5.41, 5.74) is 2.79. The topological polar surface area (TPSA) is 55.5 Å². The van der Waals surface area contributed by atoms with E-state index in [0.29, 0.717) is 13.2 Å². The molecule has 1 N–H and O–H groups in total. The minimum Gasteiger partial charge on any atom is -0.443 e. The van der Waals surface area contributed by atoms with Crippen LogP contribution >= 0.6 is 0 Å². The van der Waals surface area contributed by atoms with Crippen molar-refractivity contribution >= 4 is 11.1 Å². The maximum Gasteiger partial charge on any atom is 0.181 e. The molecule has 1 aromatic carbocycles. The van der Waals surface area contributed by atoms with Crippen LogP contribution in [-0.2, 0) is 10.2 Å². The van der Waals surface area contributed by atoms with E-state index in [2.05, 4.69) is 4.98 Å². The van der Waals surface area contributed by atoms with Gasteiger partial charge >= 0.3 is 0 Å². The second kappa shape index (κ2) is 3.57. The standard InChI is InChI=1S/C12H13NO3/c14-4-3-12(6-15-7-12)9-1-2-10-11(5-9)16-8-13-10/h1-2,5,8,14H,3-4,6-7H2. The molecule has 1 aromatic heterocycles. The Bertz CT molecular complexity index is 502. The summed E-state index contributed by atoms with van der Waals surface area (Å²) in [5, 5.41) is 9.11. The highest BCUT2D eigenvalue weighted by atomic mass is 16.5. The van der Waals surface area contributed by atoms with Gasteiger partial charge in [0.15, 0.2) is 12.0 Å². The highest BCUT2D eigenvalue weighted by Crippen LogP contribution is 2.36. The molecule has 84 valence electrons. The van der Waals surface area contributed by atoms with E-state index in [1.807, 2.05) is 18.2 Å². The van der Waals surface area contributed by atoms with Crippen LogP contribution in [0.15, 0.2) is 29.0 Å². The molecule has 1 aliphatic rings. The molecule has 0 amide bonds. The second-order valence-corrected chi connectivity index (χ2v) is 4.28. The molecule has 4 nitrogen and oxygen atoms in total. The van der Waals surface area contributed by atoms with Gasteiger partial charge in [-0.1, -0.05) is 6.07 Å². The molecule has 3 rings (SSSR count). The van der Waals surface area contributed by atoms with Crippen LogP contribution in [0, 0.1) is 0 Å². The van der Waals surface area contributed by atoms with Crippen LogP contribution in [0.4, 0.5) is 0 Å². The fourth-order valence-electron chi connectivity index (χ4n) is 2.20. The molecular formula is C12H13NO3. The van der Waals surface area contributed by atoms with Crippen LogP contribution in [0.2, 0.25) is 0 Å². The zero-order valence-electron chi connectivity index (χ0n) is 8.85. The van der Waals surface area contributed by atoms with Gasteiger partial charge in [-0.3, -0.25) is 0 Å². The van der Waals surface area contributed by atoms with Crippen LogP contribution in [-0.4, -0.2) is 29.9 Å². The molecule has 1 aliphatic heterocycles. The first-order chi connectivity index (χ1) is 7.84. The Morgan fingerprint density at radius 1 is 1.38 bits per heavy atom. The number of benzene rings is 1. The predicted octanol–water partition coefficient (Wildman–Crippen LogP) is 1.48. The maximum absolute atomic E-state index is 9.11. The number of rotatable bonds is 3. The van der Waals surface area contributed by atoms with Crippen LogP contribution < -0.4 is 0 Å². The number of hydrogen-bond acceptors (Lipinski definition) is 4. The summed E-state index contributed by atoms with van der Waals surface area (Å²) in [6, 6.07) is 6.00. The fourth-order valence-corrected chi connectivity index (χ4v) is 2.20. The minimum atomic E-state index is -0.0320. The Hall–Kier alpha value is -1.39. The van der Waals surface area contributed by atoms with Crippen LogP contribution in [0.3, 0.4) is 0 Å². The Balaban J connectivity index is 2.03. The van der Waals surface area contributed by atoms with E-state index >= 15 is 0 Å². The number of aliphatic hydroxyl groups excluding tert-OH is 1.